The van der Waals surface area contributed by atoms with E-state index in [0.717, 1.165) is 16.3 Å². The lowest BCUT2D eigenvalue weighted by molar-refractivity contribution is -0.116. The maximum Gasteiger partial charge on any atom is 0.227 e. The average molecular weight is 377 g/mol. The lowest BCUT2D eigenvalue weighted by Crippen LogP contribution is -2.12. The molecule has 1 amide bonds. The van der Waals surface area contributed by atoms with Gasteiger partial charge in [-0.25, -0.2) is 4.98 Å². The average Bonchev–Trinajstić information content (AvgIpc) is 3.40. The molecule has 3 aromatic heterocycles. The van der Waals surface area contributed by atoms with Crippen LogP contribution in [0.15, 0.2) is 64.8 Å². The molecule has 0 atom stereocenters. The van der Waals surface area contributed by atoms with Crippen LogP contribution in [0, 0.1) is 0 Å². The van der Waals surface area contributed by atoms with Crippen LogP contribution < -0.4 is 5.32 Å². The quantitative estimate of drug-likeness (QED) is 0.549. The van der Waals surface area contributed by atoms with Crippen molar-refractivity contribution in [2.24, 2.45) is 0 Å². The van der Waals surface area contributed by atoms with E-state index in [1.807, 2.05) is 41.8 Å². The monoisotopic (exact) mass is 377 g/mol. The number of thiazole rings is 1. The van der Waals surface area contributed by atoms with Crippen LogP contribution in [0.2, 0.25) is 0 Å². The van der Waals surface area contributed by atoms with E-state index in [0.29, 0.717) is 23.8 Å². The van der Waals surface area contributed by atoms with Gasteiger partial charge in [0.05, 0.1) is 0 Å². The number of aryl methyl sites for hydroxylation is 1. The number of carbonyl (C=O) groups is 1. The summed E-state index contributed by atoms with van der Waals surface area (Å²) in [4.78, 5) is 25.0. The molecule has 134 valence electrons. The fourth-order valence-corrected chi connectivity index (χ4v) is 3.13. The molecule has 4 aromatic rings. The summed E-state index contributed by atoms with van der Waals surface area (Å²) in [6, 6.07) is 13.1. The first-order valence-corrected chi connectivity index (χ1v) is 9.20. The first-order chi connectivity index (χ1) is 13.3. The van der Waals surface area contributed by atoms with Gasteiger partial charge in [-0.1, -0.05) is 23.4 Å². The van der Waals surface area contributed by atoms with E-state index < -0.39 is 0 Å². The van der Waals surface area contributed by atoms with Gasteiger partial charge in [-0.2, -0.15) is 4.98 Å². The number of amides is 1. The van der Waals surface area contributed by atoms with Crippen LogP contribution in [0.1, 0.15) is 12.3 Å². The molecule has 0 bridgehead atoms. The van der Waals surface area contributed by atoms with Crippen molar-refractivity contribution in [3.63, 3.8) is 0 Å². The zero-order chi connectivity index (χ0) is 18.5. The molecule has 0 spiro atoms. The van der Waals surface area contributed by atoms with E-state index in [-0.39, 0.29) is 12.3 Å². The molecule has 27 heavy (non-hydrogen) atoms. The topological polar surface area (TPSA) is 93.8 Å². The number of nitrogens with one attached hydrogen (secondary N) is 1. The molecule has 4 rings (SSSR count). The van der Waals surface area contributed by atoms with Gasteiger partial charge >= 0.3 is 0 Å². The minimum atomic E-state index is -0.121. The van der Waals surface area contributed by atoms with Crippen molar-refractivity contribution >= 4 is 22.9 Å². The van der Waals surface area contributed by atoms with Crippen molar-refractivity contribution in [3.05, 3.63) is 66.1 Å². The van der Waals surface area contributed by atoms with Gasteiger partial charge in [-0.3, -0.25) is 9.78 Å². The van der Waals surface area contributed by atoms with E-state index in [1.54, 1.807) is 29.8 Å². The van der Waals surface area contributed by atoms with Crippen LogP contribution in [-0.4, -0.2) is 26.0 Å². The molecule has 0 fully saturated rings. The number of benzene rings is 1. The van der Waals surface area contributed by atoms with Gasteiger partial charge in [-0.15, -0.1) is 11.3 Å². The Morgan fingerprint density at radius 1 is 1.11 bits per heavy atom. The van der Waals surface area contributed by atoms with Crippen molar-refractivity contribution in [2.75, 3.05) is 5.32 Å². The summed E-state index contributed by atoms with van der Waals surface area (Å²) in [5.41, 5.74) is 2.34. The zero-order valence-electron chi connectivity index (χ0n) is 14.2. The second-order valence-corrected chi connectivity index (χ2v) is 6.59. The first kappa shape index (κ1) is 17.0. The Morgan fingerprint density at radius 3 is 2.89 bits per heavy atom. The Balaban J connectivity index is 1.35. The molecule has 0 saturated carbocycles. The normalized spacial score (nSPS) is 10.7. The highest BCUT2D eigenvalue weighted by molar-refractivity contribution is 7.13. The molecular weight excluding hydrogens is 362 g/mol. The number of hydrogen-bond donors (Lipinski definition) is 1. The summed E-state index contributed by atoms with van der Waals surface area (Å²) in [5.74, 6) is 0.702. The SMILES string of the molecule is O=C(CCc1nc(-c2ccccn2)no1)Nc1cccc(-c2nccs2)c1. The van der Waals surface area contributed by atoms with Crippen molar-refractivity contribution in [3.8, 4) is 22.1 Å². The lowest BCUT2D eigenvalue weighted by atomic mass is 10.2. The Kier molecular flexibility index (Phi) is 4.97. The van der Waals surface area contributed by atoms with Crippen LogP contribution in [0.3, 0.4) is 0 Å². The Bertz CT molecular complexity index is 1030. The van der Waals surface area contributed by atoms with Gasteiger partial charge in [0.15, 0.2) is 0 Å². The summed E-state index contributed by atoms with van der Waals surface area (Å²) in [7, 11) is 0. The molecule has 8 heteroatoms. The molecule has 7 nitrogen and oxygen atoms in total. The largest absolute Gasteiger partial charge is 0.339 e. The molecule has 0 radical (unpaired) electrons. The van der Waals surface area contributed by atoms with Crippen molar-refractivity contribution in [1.82, 2.24) is 20.1 Å². The standard InChI is InChI=1S/C19H15N5O2S/c25-16(22-14-5-3-4-13(12-14)19-21-10-11-27-19)7-8-17-23-18(24-26-17)15-6-1-2-9-20-15/h1-6,9-12H,7-8H2,(H,22,25). The Labute approximate surface area is 159 Å². The van der Waals surface area contributed by atoms with E-state index in [1.165, 1.54) is 0 Å². The number of pyridine rings is 1. The highest BCUT2D eigenvalue weighted by Gasteiger charge is 2.12. The second-order valence-electron chi connectivity index (χ2n) is 5.69. The predicted molar refractivity (Wildman–Crippen MR) is 102 cm³/mol. The van der Waals surface area contributed by atoms with Gasteiger partial charge in [0, 0.05) is 41.9 Å². The smallest absolute Gasteiger partial charge is 0.227 e. The highest BCUT2D eigenvalue weighted by Crippen LogP contribution is 2.24. The number of aromatic nitrogens is 4. The summed E-state index contributed by atoms with van der Waals surface area (Å²) < 4.78 is 5.20. The number of hydrogen-bond acceptors (Lipinski definition) is 7. The predicted octanol–water partition coefficient (Wildman–Crippen LogP) is 3.83. The summed E-state index contributed by atoms with van der Waals surface area (Å²) >= 11 is 1.56. The van der Waals surface area contributed by atoms with Crippen LogP contribution in [0.5, 0.6) is 0 Å². The maximum absolute atomic E-state index is 12.2. The van der Waals surface area contributed by atoms with Crippen molar-refractivity contribution in [2.45, 2.75) is 12.8 Å². The van der Waals surface area contributed by atoms with E-state index in [9.17, 15) is 4.79 Å². The summed E-state index contributed by atoms with van der Waals surface area (Å²) in [5, 5.41) is 9.63. The van der Waals surface area contributed by atoms with Crippen LogP contribution in [0.4, 0.5) is 5.69 Å². The number of anilines is 1. The summed E-state index contributed by atoms with van der Waals surface area (Å²) in [6.45, 7) is 0. The molecule has 0 saturated heterocycles. The van der Waals surface area contributed by atoms with Gasteiger partial charge in [-0.05, 0) is 24.3 Å². The zero-order valence-corrected chi connectivity index (χ0v) is 15.0. The highest BCUT2D eigenvalue weighted by atomic mass is 32.1. The molecule has 0 aliphatic carbocycles. The van der Waals surface area contributed by atoms with Gasteiger partial charge in [0.25, 0.3) is 0 Å². The third-order valence-electron chi connectivity index (χ3n) is 3.75. The molecule has 0 aliphatic heterocycles. The molecule has 1 aromatic carbocycles. The maximum atomic E-state index is 12.2. The Morgan fingerprint density at radius 2 is 2.07 bits per heavy atom. The van der Waals surface area contributed by atoms with Crippen molar-refractivity contribution < 1.29 is 9.32 Å². The third kappa shape index (κ3) is 4.24. The van der Waals surface area contributed by atoms with Gasteiger partial charge < -0.3 is 9.84 Å². The minimum Gasteiger partial charge on any atom is -0.339 e. The third-order valence-corrected chi connectivity index (χ3v) is 4.58. The number of rotatable bonds is 6. The van der Waals surface area contributed by atoms with Crippen LogP contribution >= 0.6 is 11.3 Å². The summed E-state index contributed by atoms with van der Waals surface area (Å²) in [6.07, 6.45) is 4.02. The molecule has 0 unspecified atom stereocenters. The van der Waals surface area contributed by atoms with Gasteiger partial charge in [0.2, 0.25) is 17.6 Å². The van der Waals surface area contributed by atoms with E-state index >= 15 is 0 Å². The van der Waals surface area contributed by atoms with Crippen molar-refractivity contribution in [1.29, 1.82) is 0 Å². The van der Waals surface area contributed by atoms with Gasteiger partial charge in [0.1, 0.15) is 10.7 Å². The van der Waals surface area contributed by atoms with Crippen LogP contribution in [-0.2, 0) is 11.2 Å². The number of nitrogens with zero attached hydrogens (tertiary/aromatic N) is 4. The molecule has 0 aliphatic rings. The Hall–Kier alpha value is -3.39. The fourth-order valence-electron chi connectivity index (χ4n) is 2.50. The first-order valence-electron chi connectivity index (χ1n) is 8.32. The number of carbonyl (C=O) groups excluding carboxylic acids is 1. The second kappa shape index (κ2) is 7.88. The fraction of sp³-hybridized carbons (Fsp3) is 0.105. The molecular formula is C19H15N5O2S. The van der Waals surface area contributed by atoms with Crippen LogP contribution in [0.25, 0.3) is 22.1 Å². The van der Waals surface area contributed by atoms with E-state index in [2.05, 4.69) is 25.4 Å². The molecule has 1 N–H and O–H groups in total. The van der Waals surface area contributed by atoms with E-state index in [4.69, 9.17) is 4.52 Å². The lowest BCUT2D eigenvalue weighted by Gasteiger charge is -2.05. The minimum absolute atomic E-state index is 0.121. The molecule has 3 heterocycles.